The van der Waals surface area contributed by atoms with Gasteiger partial charge in [-0.15, -0.1) is 6.42 Å². The van der Waals surface area contributed by atoms with Gasteiger partial charge in [0.05, 0.1) is 10.0 Å². The summed E-state index contributed by atoms with van der Waals surface area (Å²) >= 11 is 17.2. The summed E-state index contributed by atoms with van der Waals surface area (Å²) in [6, 6.07) is 2.95. The molecule has 1 atom stereocenters. The molecule has 0 aliphatic carbocycles. The van der Waals surface area contributed by atoms with Crippen LogP contribution in [-0.4, -0.2) is 5.11 Å². The SMILES string of the molecule is C#CC(O)c1c(Cl)cc(Cl)cc1Cl. The van der Waals surface area contributed by atoms with E-state index in [9.17, 15) is 5.11 Å². The molecule has 0 aliphatic rings. The van der Waals surface area contributed by atoms with E-state index < -0.39 is 6.10 Å². The van der Waals surface area contributed by atoms with Gasteiger partial charge in [0.25, 0.3) is 0 Å². The molecular formula is C9H5Cl3O. The van der Waals surface area contributed by atoms with E-state index in [1.165, 1.54) is 12.1 Å². The first-order valence-electron chi connectivity index (χ1n) is 3.35. The Kier molecular flexibility index (Phi) is 3.47. The molecule has 1 nitrogen and oxygen atoms in total. The van der Waals surface area contributed by atoms with E-state index >= 15 is 0 Å². The van der Waals surface area contributed by atoms with Crippen molar-refractivity contribution >= 4 is 34.8 Å². The van der Waals surface area contributed by atoms with E-state index in [1.807, 2.05) is 0 Å². The smallest absolute Gasteiger partial charge is 0.142 e. The van der Waals surface area contributed by atoms with E-state index in [-0.39, 0.29) is 10.0 Å². The minimum absolute atomic E-state index is 0.267. The van der Waals surface area contributed by atoms with E-state index in [0.717, 1.165) is 0 Å². The zero-order valence-corrected chi connectivity index (χ0v) is 8.66. The summed E-state index contributed by atoms with van der Waals surface area (Å²) in [4.78, 5) is 0. The highest BCUT2D eigenvalue weighted by Crippen LogP contribution is 2.33. The molecule has 0 bridgehead atoms. The molecule has 1 aromatic rings. The maximum atomic E-state index is 9.33. The van der Waals surface area contributed by atoms with Crippen LogP contribution in [0.1, 0.15) is 11.7 Å². The first-order chi connectivity index (χ1) is 6.06. The van der Waals surface area contributed by atoms with Gasteiger partial charge in [-0.3, -0.25) is 0 Å². The van der Waals surface area contributed by atoms with Crippen LogP contribution in [0.4, 0.5) is 0 Å². The number of rotatable bonds is 1. The number of hydrogen-bond acceptors (Lipinski definition) is 1. The lowest BCUT2D eigenvalue weighted by Crippen LogP contribution is -1.95. The fraction of sp³-hybridized carbons (Fsp3) is 0.111. The summed E-state index contributed by atoms with van der Waals surface area (Å²) in [6.07, 6.45) is 3.93. The molecule has 1 rings (SSSR count). The molecule has 0 spiro atoms. The summed E-state index contributed by atoms with van der Waals surface area (Å²) in [5.41, 5.74) is 0.315. The zero-order chi connectivity index (χ0) is 10.0. The van der Waals surface area contributed by atoms with Crippen molar-refractivity contribution in [2.45, 2.75) is 6.10 Å². The molecule has 0 amide bonds. The van der Waals surface area contributed by atoms with E-state index in [0.29, 0.717) is 10.6 Å². The van der Waals surface area contributed by atoms with Gasteiger partial charge in [0.15, 0.2) is 0 Å². The van der Waals surface area contributed by atoms with Crippen molar-refractivity contribution in [1.82, 2.24) is 0 Å². The Bertz CT molecular complexity index is 345. The third-order valence-corrected chi connectivity index (χ3v) is 2.32. The molecule has 0 aromatic heterocycles. The standard InChI is InChI=1S/C9H5Cl3O/c1-2-8(13)9-6(11)3-5(10)4-7(9)12/h1,3-4,8,13H. The van der Waals surface area contributed by atoms with Crippen LogP contribution in [0, 0.1) is 12.3 Å². The highest BCUT2D eigenvalue weighted by Gasteiger charge is 2.13. The van der Waals surface area contributed by atoms with E-state index in [2.05, 4.69) is 5.92 Å². The Morgan fingerprint density at radius 2 is 1.69 bits per heavy atom. The summed E-state index contributed by atoms with van der Waals surface area (Å²) in [5.74, 6) is 2.13. The van der Waals surface area contributed by atoms with Crippen LogP contribution < -0.4 is 0 Å². The van der Waals surface area contributed by atoms with Crippen LogP contribution in [0.5, 0.6) is 0 Å². The average molecular weight is 235 g/mol. The molecule has 13 heavy (non-hydrogen) atoms. The Labute approximate surface area is 91.2 Å². The Hall–Kier alpha value is -0.390. The van der Waals surface area contributed by atoms with Gasteiger partial charge in [0, 0.05) is 10.6 Å². The van der Waals surface area contributed by atoms with Gasteiger partial charge in [-0.1, -0.05) is 40.7 Å². The number of aliphatic hydroxyl groups is 1. The maximum Gasteiger partial charge on any atom is 0.142 e. The summed E-state index contributed by atoms with van der Waals surface area (Å²) in [6.45, 7) is 0. The number of aliphatic hydroxyl groups excluding tert-OH is 1. The third kappa shape index (κ3) is 2.30. The molecule has 1 N–H and O–H groups in total. The summed E-state index contributed by atoms with van der Waals surface area (Å²) < 4.78 is 0. The van der Waals surface area contributed by atoms with Gasteiger partial charge in [0.2, 0.25) is 0 Å². The monoisotopic (exact) mass is 234 g/mol. The van der Waals surface area contributed by atoms with E-state index in [4.69, 9.17) is 41.2 Å². The molecule has 0 fully saturated rings. The van der Waals surface area contributed by atoms with Gasteiger partial charge in [0.1, 0.15) is 6.10 Å². The van der Waals surface area contributed by atoms with Gasteiger partial charge in [-0.25, -0.2) is 0 Å². The van der Waals surface area contributed by atoms with Crippen molar-refractivity contribution in [1.29, 1.82) is 0 Å². The maximum absolute atomic E-state index is 9.33. The average Bonchev–Trinajstić information content (AvgIpc) is 2.02. The topological polar surface area (TPSA) is 20.2 Å². The second kappa shape index (κ2) is 4.21. The first-order valence-corrected chi connectivity index (χ1v) is 4.48. The molecule has 4 heteroatoms. The predicted molar refractivity (Wildman–Crippen MR) is 55.3 cm³/mol. The minimum Gasteiger partial charge on any atom is -0.376 e. The quantitative estimate of drug-likeness (QED) is 0.741. The van der Waals surface area contributed by atoms with Gasteiger partial charge in [-0.05, 0) is 12.1 Å². The number of hydrogen-bond donors (Lipinski definition) is 1. The molecule has 1 aromatic carbocycles. The summed E-state index contributed by atoms with van der Waals surface area (Å²) in [7, 11) is 0. The zero-order valence-electron chi connectivity index (χ0n) is 6.39. The largest absolute Gasteiger partial charge is 0.376 e. The van der Waals surface area contributed by atoms with Crippen molar-refractivity contribution in [3.05, 3.63) is 32.8 Å². The second-order valence-corrected chi connectivity index (χ2v) is 3.60. The lowest BCUT2D eigenvalue weighted by molar-refractivity contribution is 0.239. The molecule has 0 saturated heterocycles. The van der Waals surface area contributed by atoms with Gasteiger partial charge < -0.3 is 5.11 Å². The molecule has 0 saturated carbocycles. The highest BCUT2D eigenvalue weighted by molar-refractivity contribution is 6.39. The van der Waals surface area contributed by atoms with Crippen LogP contribution in [0.3, 0.4) is 0 Å². The van der Waals surface area contributed by atoms with Crippen LogP contribution in [0.25, 0.3) is 0 Å². The third-order valence-electron chi connectivity index (χ3n) is 1.48. The lowest BCUT2D eigenvalue weighted by Gasteiger charge is -2.09. The van der Waals surface area contributed by atoms with Crippen LogP contribution in [0.2, 0.25) is 15.1 Å². The first kappa shape index (κ1) is 10.7. The molecule has 0 radical (unpaired) electrons. The number of halogens is 3. The molecular weight excluding hydrogens is 230 g/mol. The second-order valence-electron chi connectivity index (χ2n) is 2.35. The number of benzene rings is 1. The molecule has 1 unspecified atom stereocenters. The van der Waals surface area contributed by atoms with Gasteiger partial charge in [-0.2, -0.15) is 0 Å². The van der Waals surface area contributed by atoms with Crippen molar-refractivity contribution in [2.75, 3.05) is 0 Å². The summed E-state index contributed by atoms with van der Waals surface area (Å²) in [5, 5.41) is 10.3. The van der Waals surface area contributed by atoms with E-state index in [1.54, 1.807) is 0 Å². The predicted octanol–water partition coefficient (Wildman–Crippen LogP) is 3.31. The minimum atomic E-state index is -1.10. The van der Waals surface area contributed by atoms with Crippen LogP contribution in [-0.2, 0) is 0 Å². The molecule has 0 aliphatic heterocycles. The highest BCUT2D eigenvalue weighted by atomic mass is 35.5. The van der Waals surface area contributed by atoms with Crippen LogP contribution >= 0.6 is 34.8 Å². The van der Waals surface area contributed by atoms with Gasteiger partial charge >= 0.3 is 0 Å². The fourth-order valence-corrected chi connectivity index (χ4v) is 1.92. The van der Waals surface area contributed by atoms with Crippen LogP contribution in [0.15, 0.2) is 12.1 Å². The Morgan fingerprint density at radius 1 is 1.23 bits per heavy atom. The van der Waals surface area contributed by atoms with Crippen molar-refractivity contribution in [3.8, 4) is 12.3 Å². The fourth-order valence-electron chi connectivity index (χ4n) is 0.898. The molecule has 68 valence electrons. The van der Waals surface area contributed by atoms with Crippen molar-refractivity contribution in [2.24, 2.45) is 0 Å². The Balaban J connectivity index is 3.30. The Morgan fingerprint density at radius 3 is 2.08 bits per heavy atom. The lowest BCUT2D eigenvalue weighted by atomic mass is 10.1. The van der Waals surface area contributed by atoms with Crippen molar-refractivity contribution < 1.29 is 5.11 Å². The normalized spacial score (nSPS) is 12.2. The molecule has 0 heterocycles. The van der Waals surface area contributed by atoms with Crippen molar-refractivity contribution in [3.63, 3.8) is 0 Å². The number of terminal acetylenes is 1.